The maximum Gasteiger partial charge on any atom is 0.261 e. The number of unbranched alkanes of at least 4 members (excludes halogenated alkanes) is 4. The van der Waals surface area contributed by atoms with Gasteiger partial charge < -0.3 is 5.32 Å². The van der Waals surface area contributed by atoms with E-state index in [1.807, 2.05) is 7.05 Å². The predicted octanol–water partition coefficient (Wildman–Crippen LogP) is 2.45. The summed E-state index contributed by atoms with van der Waals surface area (Å²) in [6, 6.07) is 7.06. The van der Waals surface area contributed by atoms with E-state index in [1.165, 1.54) is 17.7 Å². The summed E-state index contributed by atoms with van der Waals surface area (Å²) in [5, 5.41) is 3.13. The van der Waals surface area contributed by atoms with Gasteiger partial charge in [0.25, 0.3) is 11.8 Å². The Labute approximate surface area is 120 Å². The summed E-state index contributed by atoms with van der Waals surface area (Å²) in [5.74, 6) is -0.276. The number of carbonyl (C=O) groups is 2. The highest BCUT2D eigenvalue weighted by molar-refractivity contribution is 6.21. The Morgan fingerprint density at radius 1 is 0.900 bits per heavy atom. The van der Waals surface area contributed by atoms with Crippen molar-refractivity contribution in [3.8, 4) is 0 Å². The summed E-state index contributed by atoms with van der Waals surface area (Å²) in [5.41, 5.74) is 1.10. The lowest BCUT2D eigenvalue weighted by molar-refractivity contribution is 0.0651. The van der Waals surface area contributed by atoms with Crippen LogP contribution in [0.3, 0.4) is 0 Å². The molecule has 0 radical (unpaired) electrons. The van der Waals surface area contributed by atoms with Crippen molar-refractivity contribution in [2.45, 2.75) is 32.1 Å². The van der Waals surface area contributed by atoms with Crippen LogP contribution in [0, 0.1) is 0 Å². The third-order valence-electron chi connectivity index (χ3n) is 3.69. The summed E-state index contributed by atoms with van der Waals surface area (Å²) < 4.78 is 0. The zero-order valence-electron chi connectivity index (χ0n) is 12.0. The predicted molar refractivity (Wildman–Crippen MR) is 78.8 cm³/mol. The van der Waals surface area contributed by atoms with Crippen molar-refractivity contribution >= 4 is 11.8 Å². The normalized spacial score (nSPS) is 13.9. The molecule has 0 spiro atoms. The molecule has 1 aliphatic rings. The highest BCUT2D eigenvalue weighted by atomic mass is 16.2. The van der Waals surface area contributed by atoms with Crippen LogP contribution in [0.15, 0.2) is 24.3 Å². The molecular formula is C16H22N2O2. The Bertz CT molecular complexity index is 450. The quantitative estimate of drug-likeness (QED) is 0.585. The first kappa shape index (κ1) is 14.7. The lowest BCUT2D eigenvalue weighted by Crippen LogP contribution is -2.30. The van der Waals surface area contributed by atoms with Crippen molar-refractivity contribution < 1.29 is 9.59 Å². The Morgan fingerprint density at radius 3 is 2.05 bits per heavy atom. The van der Waals surface area contributed by atoms with E-state index in [9.17, 15) is 9.59 Å². The minimum absolute atomic E-state index is 0.138. The Kier molecular flexibility index (Phi) is 5.30. The summed E-state index contributed by atoms with van der Waals surface area (Å²) in [7, 11) is 1.96. The van der Waals surface area contributed by atoms with E-state index >= 15 is 0 Å². The molecule has 0 unspecified atom stereocenters. The molecular weight excluding hydrogens is 252 g/mol. The number of amides is 2. The molecule has 0 atom stereocenters. The second-order valence-corrected chi connectivity index (χ2v) is 5.18. The number of carbonyl (C=O) groups excluding carboxylic acids is 2. The van der Waals surface area contributed by atoms with Crippen LogP contribution in [0.4, 0.5) is 0 Å². The van der Waals surface area contributed by atoms with Crippen LogP contribution in [0.2, 0.25) is 0 Å². The molecule has 0 saturated heterocycles. The molecule has 4 heteroatoms. The van der Waals surface area contributed by atoms with Gasteiger partial charge in [-0.25, -0.2) is 0 Å². The van der Waals surface area contributed by atoms with Crippen LogP contribution in [0.1, 0.15) is 52.8 Å². The van der Waals surface area contributed by atoms with Crippen LogP contribution in [-0.4, -0.2) is 36.9 Å². The van der Waals surface area contributed by atoms with Gasteiger partial charge in [-0.2, -0.15) is 0 Å². The van der Waals surface area contributed by atoms with Gasteiger partial charge in [-0.05, 0) is 38.6 Å². The maximum absolute atomic E-state index is 12.1. The molecule has 1 heterocycles. The first-order valence-electron chi connectivity index (χ1n) is 7.35. The van der Waals surface area contributed by atoms with Crippen molar-refractivity contribution in [3.05, 3.63) is 35.4 Å². The molecule has 0 bridgehead atoms. The molecule has 1 N–H and O–H groups in total. The molecule has 0 fully saturated rings. The fourth-order valence-electron chi connectivity index (χ4n) is 2.54. The summed E-state index contributed by atoms with van der Waals surface area (Å²) in [4.78, 5) is 25.6. The van der Waals surface area contributed by atoms with E-state index in [1.54, 1.807) is 24.3 Å². The van der Waals surface area contributed by atoms with E-state index in [4.69, 9.17) is 0 Å². The molecule has 1 aromatic rings. The molecule has 108 valence electrons. The molecule has 0 aromatic heterocycles. The molecule has 2 rings (SSSR count). The van der Waals surface area contributed by atoms with Crippen molar-refractivity contribution in [3.63, 3.8) is 0 Å². The Hall–Kier alpha value is -1.68. The number of hydrogen-bond donors (Lipinski definition) is 1. The van der Waals surface area contributed by atoms with Gasteiger partial charge in [0.05, 0.1) is 11.1 Å². The van der Waals surface area contributed by atoms with Crippen molar-refractivity contribution in [2.24, 2.45) is 0 Å². The minimum Gasteiger partial charge on any atom is -0.320 e. The standard InChI is InChI=1S/C16H22N2O2/c1-17-11-7-3-2-4-8-12-18-15(19)13-9-5-6-10-14(13)16(18)20/h5-6,9-10,17H,2-4,7-8,11-12H2,1H3. The smallest absolute Gasteiger partial charge is 0.261 e. The highest BCUT2D eigenvalue weighted by Crippen LogP contribution is 2.22. The van der Waals surface area contributed by atoms with Crippen LogP contribution < -0.4 is 5.32 Å². The van der Waals surface area contributed by atoms with Crippen LogP contribution in [-0.2, 0) is 0 Å². The average Bonchev–Trinajstić information content (AvgIpc) is 2.71. The Morgan fingerprint density at radius 2 is 1.45 bits per heavy atom. The third kappa shape index (κ3) is 3.25. The van der Waals surface area contributed by atoms with Crippen LogP contribution >= 0.6 is 0 Å². The van der Waals surface area contributed by atoms with Crippen LogP contribution in [0.5, 0.6) is 0 Å². The van der Waals surface area contributed by atoms with Gasteiger partial charge >= 0.3 is 0 Å². The molecule has 20 heavy (non-hydrogen) atoms. The summed E-state index contributed by atoms with van der Waals surface area (Å²) in [6.45, 7) is 1.59. The Balaban J connectivity index is 1.75. The number of hydrogen-bond acceptors (Lipinski definition) is 3. The number of imide groups is 1. The molecule has 0 aliphatic carbocycles. The number of benzene rings is 1. The van der Waals surface area contributed by atoms with Gasteiger partial charge in [-0.3, -0.25) is 14.5 Å². The van der Waals surface area contributed by atoms with Crippen molar-refractivity contribution in [1.29, 1.82) is 0 Å². The first-order chi connectivity index (χ1) is 9.75. The van der Waals surface area contributed by atoms with Gasteiger partial charge in [0.15, 0.2) is 0 Å². The molecule has 2 amide bonds. The van der Waals surface area contributed by atoms with E-state index < -0.39 is 0 Å². The molecule has 0 saturated carbocycles. The monoisotopic (exact) mass is 274 g/mol. The fraction of sp³-hybridized carbons (Fsp3) is 0.500. The van der Waals surface area contributed by atoms with Gasteiger partial charge in [0.1, 0.15) is 0 Å². The van der Waals surface area contributed by atoms with Gasteiger partial charge in [-0.1, -0.05) is 31.4 Å². The number of nitrogens with zero attached hydrogens (tertiary/aromatic N) is 1. The largest absolute Gasteiger partial charge is 0.320 e. The van der Waals surface area contributed by atoms with Crippen molar-refractivity contribution in [2.75, 3.05) is 20.1 Å². The van der Waals surface area contributed by atoms with Crippen molar-refractivity contribution in [1.82, 2.24) is 10.2 Å². The van der Waals surface area contributed by atoms with E-state index in [0.29, 0.717) is 17.7 Å². The third-order valence-corrected chi connectivity index (χ3v) is 3.69. The summed E-state index contributed by atoms with van der Waals surface area (Å²) >= 11 is 0. The van der Waals surface area contributed by atoms with Gasteiger partial charge in [-0.15, -0.1) is 0 Å². The summed E-state index contributed by atoms with van der Waals surface area (Å²) in [6.07, 6.45) is 5.50. The molecule has 1 aliphatic heterocycles. The van der Waals surface area contributed by atoms with E-state index in [-0.39, 0.29) is 11.8 Å². The first-order valence-corrected chi connectivity index (χ1v) is 7.35. The zero-order valence-corrected chi connectivity index (χ0v) is 12.0. The fourth-order valence-corrected chi connectivity index (χ4v) is 2.54. The zero-order chi connectivity index (χ0) is 14.4. The van der Waals surface area contributed by atoms with Gasteiger partial charge in [0.2, 0.25) is 0 Å². The number of nitrogens with one attached hydrogen (secondary N) is 1. The maximum atomic E-state index is 12.1. The van der Waals surface area contributed by atoms with Crippen LogP contribution in [0.25, 0.3) is 0 Å². The number of fused-ring (bicyclic) bond motifs is 1. The number of rotatable bonds is 8. The average molecular weight is 274 g/mol. The highest BCUT2D eigenvalue weighted by Gasteiger charge is 2.34. The second kappa shape index (κ2) is 7.20. The van der Waals surface area contributed by atoms with E-state index in [2.05, 4.69) is 5.32 Å². The van der Waals surface area contributed by atoms with Gasteiger partial charge in [0, 0.05) is 6.54 Å². The lowest BCUT2D eigenvalue weighted by atomic mass is 10.1. The minimum atomic E-state index is -0.138. The van der Waals surface area contributed by atoms with E-state index in [0.717, 1.165) is 25.8 Å². The molecule has 1 aromatic carbocycles. The molecule has 4 nitrogen and oxygen atoms in total. The SMILES string of the molecule is CNCCCCCCCN1C(=O)c2ccccc2C1=O. The topological polar surface area (TPSA) is 49.4 Å². The lowest BCUT2D eigenvalue weighted by Gasteiger charge is -2.13. The second-order valence-electron chi connectivity index (χ2n) is 5.18.